The van der Waals surface area contributed by atoms with Gasteiger partial charge in [-0.15, -0.1) is 0 Å². The van der Waals surface area contributed by atoms with Gasteiger partial charge < -0.3 is 4.90 Å². The summed E-state index contributed by atoms with van der Waals surface area (Å²) in [5.74, 6) is -0.407. The molecule has 3 N–H and O–H groups in total. The highest BCUT2D eigenvalue weighted by molar-refractivity contribution is 7.92. The number of fused-ring (bicyclic) bond motifs is 1. The van der Waals surface area contributed by atoms with Crippen molar-refractivity contribution in [3.63, 3.8) is 0 Å². The summed E-state index contributed by atoms with van der Waals surface area (Å²) in [5, 5.41) is 5.00. The van der Waals surface area contributed by atoms with Crippen LogP contribution in [0.1, 0.15) is 25.0 Å². The van der Waals surface area contributed by atoms with Gasteiger partial charge in [0, 0.05) is 24.3 Å². The van der Waals surface area contributed by atoms with Gasteiger partial charge in [0.15, 0.2) is 0 Å². The van der Waals surface area contributed by atoms with Crippen molar-refractivity contribution >= 4 is 37.3 Å². The SMILES string of the molecule is CC(=O)N1c2ccc(S(=O)(=O)Nc3ccc(CS(N)(=O)=O)cc3)cc2CC1C. The minimum atomic E-state index is -3.83. The van der Waals surface area contributed by atoms with Gasteiger partial charge in [-0.05, 0) is 54.8 Å². The molecule has 1 aliphatic heterocycles. The Bertz CT molecular complexity index is 1130. The van der Waals surface area contributed by atoms with E-state index in [0.29, 0.717) is 17.7 Å². The molecular weight excluding hydrogens is 402 g/mol. The standard InChI is InChI=1S/C18H21N3O5S2/c1-12-9-15-10-17(7-8-18(15)21(12)13(2)22)28(25,26)20-16-5-3-14(4-6-16)11-27(19,23)24/h3-8,10,12,20H,9,11H2,1-2H3,(H2,19,23,24). The summed E-state index contributed by atoms with van der Waals surface area (Å²) < 4.78 is 50.1. The third kappa shape index (κ3) is 4.34. The van der Waals surface area contributed by atoms with E-state index in [1.807, 2.05) is 6.92 Å². The highest BCUT2D eigenvalue weighted by Crippen LogP contribution is 2.34. The Morgan fingerprint density at radius 3 is 2.36 bits per heavy atom. The molecule has 3 rings (SSSR count). The van der Waals surface area contributed by atoms with Gasteiger partial charge in [-0.25, -0.2) is 22.0 Å². The average molecular weight is 424 g/mol. The normalized spacial score (nSPS) is 16.7. The Kier molecular flexibility index (Phi) is 5.22. The highest BCUT2D eigenvalue weighted by atomic mass is 32.2. The Balaban J connectivity index is 1.83. The summed E-state index contributed by atoms with van der Waals surface area (Å²) in [4.78, 5) is 13.6. The van der Waals surface area contributed by atoms with E-state index in [2.05, 4.69) is 4.72 Å². The second-order valence-electron chi connectivity index (χ2n) is 6.84. The fourth-order valence-electron chi connectivity index (χ4n) is 3.37. The molecule has 0 fully saturated rings. The third-order valence-electron chi connectivity index (χ3n) is 4.49. The number of nitrogens with one attached hydrogen (secondary N) is 1. The first kappa shape index (κ1) is 20.3. The second kappa shape index (κ2) is 7.19. The van der Waals surface area contributed by atoms with Crippen molar-refractivity contribution in [2.75, 3.05) is 9.62 Å². The first-order chi connectivity index (χ1) is 13.0. The lowest BCUT2D eigenvalue weighted by Crippen LogP contribution is -2.33. The summed E-state index contributed by atoms with van der Waals surface area (Å²) >= 11 is 0. The number of anilines is 2. The lowest BCUT2D eigenvalue weighted by molar-refractivity contribution is -0.116. The summed E-state index contributed by atoms with van der Waals surface area (Å²) in [7, 11) is -7.49. The van der Waals surface area contributed by atoms with Gasteiger partial charge in [0.2, 0.25) is 15.9 Å². The molecule has 0 spiro atoms. The maximum Gasteiger partial charge on any atom is 0.261 e. The van der Waals surface area contributed by atoms with Crippen molar-refractivity contribution in [2.24, 2.45) is 5.14 Å². The summed E-state index contributed by atoms with van der Waals surface area (Å²) in [5.41, 5.74) is 2.29. The maximum atomic E-state index is 12.7. The number of carbonyl (C=O) groups excluding carboxylic acids is 1. The largest absolute Gasteiger partial charge is 0.309 e. The number of carbonyl (C=O) groups is 1. The zero-order valence-electron chi connectivity index (χ0n) is 15.4. The molecule has 1 unspecified atom stereocenters. The van der Waals surface area contributed by atoms with E-state index >= 15 is 0 Å². The molecule has 8 nitrogen and oxygen atoms in total. The van der Waals surface area contributed by atoms with Gasteiger partial charge >= 0.3 is 0 Å². The van der Waals surface area contributed by atoms with E-state index in [-0.39, 0.29) is 22.6 Å². The van der Waals surface area contributed by atoms with Crippen molar-refractivity contribution < 1.29 is 21.6 Å². The number of nitrogens with zero attached hydrogens (tertiary/aromatic N) is 1. The van der Waals surface area contributed by atoms with Crippen molar-refractivity contribution in [1.82, 2.24) is 0 Å². The molecule has 0 saturated carbocycles. The molecule has 0 aliphatic carbocycles. The molecule has 0 bridgehead atoms. The van der Waals surface area contributed by atoms with E-state index in [9.17, 15) is 21.6 Å². The minimum absolute atomic E-state index is 0.0234. The van der Waals surface area contributed by atoms with Gasteiger partial charge in [-0.2, -0.15) is 0 Å². The van der Waals surface area contributed by atoms with Gasteiger partial charge in [0.25, 0.3) is 10.0 Å². The summed E-state index contributed by atoms with van der Waals surface area (Å²) in [6.45, 7) is 3.40. The van der Waals surface area contributed by atoms with Gasteiger partial charge in [-0.1, -0.05) is 12.1 Å². The Hall–Kier alpha value is -2.43. The summed E-state index contributed by atoms with van der Waals surface area (Å²) in [6, 6.07) is 10.6. The van der Waals surface area contributed by atoms with Gasteiger partial charge in [0.05, 0.1) is 10.6 Å². The van der Waals surface area contributed by atoms with Crippen LogP contribution < -0.4 is 14.8 Å². The van der Waals surface area contributed by atoms with Crippen LogP contribution in [0.15, 0.2) is 47.4 Å². The van der Waals surface area contributed by atoms with Crippen LogP contribution in [0.4, 0.5) is 11.4 Å². The predicted octanol–water partition coefficient (Wildman–Crippen LogP) is 1.57. The zero-order chi connectivity index (χ0) is 20.7. The van der Waals surface area contributed by atoms with Crippen LogP contribution in [0.5, 0.6) is 0 Å². The zero-order valence-corrected chi connectivity index (χ0v) is 17.0. The number of primary sulfonamides is 1. The highest BCUT2D eigenvalue weighted by Gasteiger charge is 2.30. The minimum Gasteiger partial charge on any atom is -0.309 e. The number of hydrogen-bond donors (Lipinski definition) is 2. The predicted molar refractivity (Wildman–Crippen MR) is 107 cm³/mol. The van der Waals surface area contributed by atoms with Crippen molar-refractivity contribution in [1.29, 1.82) is 0 Å². The van der Waals surface area contributed by atoms with Crippen LogP contribution in [-0.2, 0) is 37.0 Å². The van der Waals surface area contributed by atoms with Crippen LogP contribution in [0.3, 0.4) is 0 Å². The monoisotopic (exact) mass is 423 g/mol. The fourth-order valence-corrected chi connectivity index (χ4v) is 5.14. The number of amides is 1. The van der Waals surface area contributed by atoms with Crippen LogP contribution in [0, 0.1) is 0 Å². The quantitative estimate of drug-likeness (QED) is 0.755. The van der Waals surface area contributed by atoms with E-state index in [0.717, 1.165) is 11.3 Å². The molecule has 150 valence electrons. The lowest BCUT2D eigenvalue weighted by Gasteiger charge is -2.20. The van der Waals surface area contributed by atoms with Crippen molar-refractivity contribution in [3.05, 3.63) is 53.6 Å². The Labute approximate surface area is 164 Å². The van der Waals surface area contributed by atoms with E-state index < -0.39 is 20.0 Å². The molecule has 1 atom stereocenters. The molecule has 0 saturated heterocycles. The fraction of sp³-hybridized carbons (Fsp3) is 0.278. The van der Waals surface area contributed by atoms with E-state index in [4.69, 9.17) is 5.14 Å². The topological polar surface area (TPSA) is 127 Å². The number of hydrogen-bond acceptors (Lipinski definition) is 5. The molecular formula is C18H21N3O5S2. The van der Waals surface area contributed by atoms with Crippen LogP contribution in [0.2, 0.25) is 0 Å². The first-order valence-electron chi connectivity index (χ1n) is 8.51. The van der Waals surface area contributed by atoms with Gasteiger partial charge in [0.1, 0.15) is 0 Å². The molecule has 1 heterocycles. The molecule has 10 heteroatoms. The molecule has 0 aromatic heterocycles. The molecule has 0 radical (unpaired) electrons. The number of nitrogens with two attached hydrogens (primary N) is 1. The molecule has 2 aromatic carbocycles. The van der Waals surface area contributed by atoms with E-state index in [1.165, 1.54) is 37.3 Å². The maximum absolute atomic E-state index is 12.7. The molecule has 2 aromatic rings. The van der Waals surface area contributed by atoms with Crippen LogP contribution >= 0.6 is 0 Å². The summed E-state index contributed by atoms with van der Waals surface area (Å²) in [6.07, 6.45) is 0.584. The van der Waals surface area contributed by atoms with E-state index in [1.54, 1.807) is 17.0 Å². The molecule has 28 heavy (non-hydrogen) atoms. The third-order valence-corrected chi connectivity index (χ3v) is 6.60. The molecule has 1 amide bonds. The average Bonchev–Trinajstić information content (AvgIpc) is 2.90. The van der Waals surface area contributed by atoms with Crippen molar-refractivity contribution in [3.8, 4) is 0 Å². The second-order valence-corrected chi connectivity index (χ2v) is 10.1. The molecule has 1 aliphatic rings. The smallest absolute Gasteiger partial charge is 0.261 e. The number of benzene rings is 2. The van der Waals surface area contributed by atoms with Crippen LogP contribution in [-0.4, -0.2) is 28.8 Å². The lowest BCUT2D eigenvalue weighted by atomic mass is 10.1. The first-order valence-corrected chi connectivity index (χ1v) is 11.7. The number of rotatable bonds is 5. The Morgan fingerprint density at radius 2 is 1.79 bits per heavy atom. The van der Waals surface area contributed by atoms with Crippen LogP contribution in [0.25, 0.3) is 0 Å². The van der Waals surface area contributed by atoms with Gasteiger partial charge in [-0.3, -0.25) is 9.52 Å². The van der Waals surface area contributed by atoms with Crippen molar-refractivity contribution in [2.45, 2.75) is 37.0 Å². The number of sulfonamides is 2. The Morgan fingerprint density at radius 1 is 1.14 bits per heavy atom.